The molecule has 2 aromatic rings. The highest BCUT2D eigenvalue weighted by molar-refractivity contribution is 7.15. The Bertz CT molecular complexity index is 901. The summed E-state index contributed by atoms with van der Waals surface area (Å²) in [6.07, 6.45) is 12.3. The fourth-order valence-corrected chi connectivity index (χ4v) is 5.55. The number of aryl methyl sites for hydroxylation is 2. The molecule has 0 radical (unpaired) electrons. The van der Waals surface area contributed by atoms with Crippen LogP contribution in [-0.2, 0) is 11.3 Å². The van der Waals surface area contributed by atoms with Gasteiger partial charge in [-0.25, -0.2) is 14.8 Å². The second kappa shape index (κ2) is 9.98. The highest BCUT2D eigenvalue weighted by atomic mass is 32.1. The molecule has 168 valence electrons. The van der Waals surface area contributed by atoms with E-state index in [0.29, 0.717) is 11.9 Å². The maximum atomic E-state index is 12.5. The molecule has 0 atom stereocenters. The fourth-order valence-electron chi connectivity index (χ4n) is 4.59. The van der Waals surface area contributed by atoms with Crippen molar-refractivity contribution in [1.82, 2.24) is 14.9 Å². The van der Waals surface area contributed by atoms with E-state index in [0.717, 1.165) is 52.4 Å². The van der Waals surface area contributed by atoms with Gasteiger partial charge in [0.15, 0.2) is 11.6 Å². The van der Waals surface area contributed by atoms with Crippen LogP contribution in [-0.4, -0.2) is 40.2 Å². The Kier molecular flexibility index (Phi) is 7.10. The standard InChI is InChI=1S/C24H33N3O3S/c1-16-13-18(15-29-24(28)27(3)19-9-7-8-10-19)22(31-16)23-25-14-21(17(2)26-23)30-20-11-5-4-6-12-20/h13-14,19-20H,4-12,15H2,1-3H3. The molecule has 0 N–H and O–H groups in total. The summed E-state index contributed by atoms with van der Waals surface area (Å²) in [5.74, 6) is 1.44. The van der Waals surface area contributed by atoms with Crippen LogP contribution in [0.2, 0.25) is 0 Å². The van der Waals surface area contributed by atoms with Crippen LogP contribution in [0.3, 0.4) is 0 Å². The summed E-state index contributed by atoms with van der Waals surface area (Å²) in [6, 6.07) is 2.37. The number of hydrogen-bond acceptors (Lipinski definition) is 6. The maximum absolute atomic E-state index is 12.5. The second-order valence-electron chi connectivity index (χ2n) is 8.84. The maximum Gasteiger partial charge on any atom is 0.410 e. The van der Waals surface area contributed by atoms with Crippen molar-refractivity contribution in [3.05, 3.63) is 28.4 Å². The first-order valence-electron chi connectivity index (χ1n) is 11.5. The lowest BCUT2D eigenvalue weighted by Crippen LogP contribution is -2.35. The van der Waals surface area contributed by atoms with Crippen molar-refractivity contribution in [2.45, 2.75) is 90.4 Å². The molecular formula is C24H33N3O3S. The first-order valence-corrected chi connectivity index (χ1v) is 12.3. The molecule has 0 unspecified atom stereocenters. The molecule has 2 aliphatic carbocycles. The van der Waals surface area contributed by atoms with E-state index in [2.05, 4.69) is 18.0 Å². The van der Waals surface area contributed by atoms with Crippen molar-refractivity contribution < 1.29 is 14.3 Å². The summed E-state index contributed by atoms with van der Waals surface area (Å²) < 4.78 is 11.8. The molecule has 0 aliphatic heterocycles. The van der Waals surface area contributed by atoms with E-state index < -0.39 is 0 Å². The van der Waals surface area contributed by atoms with Gasteiger partial charge in [0.1, 0.15) is 6.61 Å². The third-order valence-corrected chi connectivity index (χ3v) is 7.52. The summed E-state index contributed by atoms with van der Waals surface area (Å²) in [7, 11) is 1.84. The van der Waals surface area contributed by atoms with E-state index in [9.17, 15) is 4.79 Å². The number of amides is 1. The lowest BCUT2D eigenvalue weighted by Gasteiger charge is -2.23. The summed E-state index contributed by atoms with van der Waals surface area (Å²) in [6.45, 7) is 4.26. The van der Waals surface area contributed by atoms with Crippen molar-refractivity contribution in [3.8, 4) is 16.5 Å². The predicted octanol–water partition coefficient (Wildman–Crippen LogP) is 6.04. The van der Waals surface area contributed by atoms with Crippen LogP contribution < -0.4 is 4.74 Å². The Labute approximate surface area is 189 Å². The van der Waals surface area contributed by atoms with Gasteiger partial charge in [-0.2, -0.15) is 0 Å². The van der Waals surface area contributed by atoms with Crippen LogP contribution in [0.1, 0.15) is 73.9 Å². The molecule has 6 nitrogen and oxygen atoms in total. The van der Waals surface area contributed by atoms with Gasteiger partial charge in [-0.3, -0.25) is 0 Å². The summed E-state index contributed by atoms with van der Waals surface area (Å²) >= 11 is 1.63. The molecule has 2 aliphatic rings. The number of ether oxygens (including phenoxy) is 2. The van der Waals surface area contributed by atoms with Gasteiger partial charge in [-0.1, -0.05) is 19.3 Å². The van der Waals surface area contributed by atoms with Crippen molar-refractivity contribution in [3.63, 3.8) is 0 Å². The van der Waals surface area contributed by atoms with Gasteiger partial charge < -0.3 is 14.4 Å². The second-order valence-corrected chi connectivity index (χ2v) is 10.1. The van der Waals surface area contributed by atoms with Crippen molar-refractivity contribution in [1.29, 1.82) is 0 Å². The Balaban J connectivity index is 1.43. The third kappa shape index (κ3) is 5.37. The summed E-state index contributed by atoms with van der Waals surface area (Å²) in [5, 5.41) is 0. The zero-order valence-corrected chi connectivity index (χ0v) is 19.7. The van der Waals surface area contributed by atoms with Gasteiger partial charge in [0.2, 0.25) is 0 Å². The fraction of sp³-hybridized carbons (Fsp3) is 0.625. The van der Waals surface area contributed by atoms with E-state index in [4.69, 9.17) is 14.5 Å². The van der Waals surface area contributed by atoms with E-state index in [1.54, 1.807) is 22.4 Å². The quantitative estimate of drug-likeness (QED) is 0.544. The molecule has 2 fully saturated rings. The molecule has 2 heterocycles. The van der Waals surface area contributed by atoms with Gasteiger partial charge in [0, 0.05) is 23.5 Å². The monoisotopic (exact) mass is 443 g/mol. The van der Waals surface area contributed by atoms with E-state index in [-0.39, 0.29) is 18.8 Å². The number of hydrogen-bond donors (Lipinski definition) is 0. The molecule has 31 heavy (non-hydrogen) atoms. The highest BCUT2D eigenvalue weighted by Crippen LogP contribution is 2.33. The summed E-state index contributed by atoms with van der Waals surface area (Å²) in [5.41, 5.74) is 1.81. The van der Waals surface area contributed by atoms with Crippen LogP contribution in [0.25, 0.3) is 10.7 Å². The summed E-state index contributed by atoms with van der Waals surface area (Å²) in [4.78, 5) is 25.7. The van der Waals surface area contributed by atoms with Gasteiger partial charge in [-0.15, -0.1) is 11.3 Å². The first kappa shape index (κ1) is 22.1. The SMILES string of the molecule is Cc1cc(COC(=O)N(C)C2CCCC2)c(-c2ncc(OC3CCCCC3)c(C)n2)s1. The number of thiophene rings is 1. The Morgan fingerprint density at radius 3 is 2.55 bits per heavy atom. The van der Waals surface area contributed by atoms with Gasteiger partial charge in [-0.05, 0) is 58.4 Å². The third-order valence-electron chi connectivity index (χ3n) is 6.43. The van der Waals surface area contributed by atoms with Crippen LogP contribution in [0.4, 0.5) is 4.79 Å². The van der Waals surface area contributed by atoms with Crippen LogP contribution in [0.5, 0.6) is 5.75 Å². The molecule has 7 heteroatoms. The number of carbonyl (C=O) groups excluding carboxylic acids is 1. The molecule has 0 spiro atoms. The molecule has 4 rings (SSSR count). The average Bonchev–Trinajstić information content (AvgIpc) is 3.43. The zero-order valence-electron chi connectivity index (χ0n) is 18.9. The van der Waals surface area contributed by atoms with Crippen molar-refractivity contribution >= 4 is 17.4 Å². The Morgan fingerprint density at radius 1 is 1.13 bits per heavy atom. The molecule has 2 saturated carbocycles. The predicted molar refractivity (Wildman–Crippen MR) is 123 cm³/mol. The average molecular weight is 444 g/mol. The first-order chi connectivity index (χ1) is 15.0. The highest BCUT2D eigenvalue weighted by Gasteiger charge is 2.25. The largest absolute Gasteiger partial charge is 0.487 e. The normalized spacial score (nSPS) is 17.6. The molecule has 2 aromatic heterocycles. The molecular weight excluding hydrogens is 410 g/mol. The van der Waals surface area contributed by atoms with Crippen LogP contribution in [0, 0.1) is 13.8 Å². The smallest absolute Gasteiger partial charge is 0.410 e. The molecule has 0 aromatic carbocycles. The van der Waals surface area contributed by atoms with Crippen molar-refractivity contribution in [2.75, 3.05) is 7.05 Å². The Morgan fingerprint density at radius 2 is 1.84 bits per heavy atom. The number of nitrogens with zero attached hydrogens (tertiary/aromatic N) is 3. The van der Waals surface area contributed by atoms with Crippen LogP contribution in [0.15, 0.2) is 12.3 Å². The number of aromatic nitrogens is 2. The lowest BCUT2D eigenvalue weighted by atomic mass is 9.98. The van der Waals surface area contributed by atoms with E-state index in [1.165, 1.54) is 32.1 Å². The topological polar surface area (TPSA) is 64.5 Å². The number of rotatable bonds is 6. The van der Waals surface area contributed by atoms with Crippen LogP contribution >= 0.6 is 11.3 Å². The minimum atomic E-state index is -0.255. The minimum Gasteiger partial charge on any atom is -0.487 e. The molecule has 1 amide bonds. The van der Waals surface area contributed by atoms with Gasteiger partial charge in [0.05, 0.1) is 22.9 Å². The lowest BCUT2D eigenvalue weighted by molar-refractivity contribution is 0.0920. The molecule has 0 saturated heterocycles. The zero-order chi connectivity index (χ0) is 21.8. The number of carbonyl (C=O) groups is 1. The van der Waals surface area contributed by atoms with Gasteiger partial charge >= 0.3 is 6.09 Å². The van der Waals surface area contributed by atoms with Gasteiger partial charge in [0.25, 0.3) is 0 Å². The van der Waals surface area contributed by atoms with E-state index >= 15 is 0 Å². The minimum absolute atomic E-state index is 0.234. The Hall–Kier alpha value is -2.15. The van der Waals surface area contributed by atoms with Crippen molar-refractivity contribution in [2.24, 2.45) is 0 Å². The van der Waals surface area contributed by atoms with E-state index in [1.807, 2.05) is 14.0 Å². The molecule has 0 bridgehead atoms.